The fourth-order valence-electron chi connectivity index (χ4n) is 2.63. The van der Waals surface area contributed by atoms with Crippen molar-refractivity contribution in [3.8, 4) is 5.88 Å². The Bertz CT molecular complexity index is 618. The summed E-state index contributed by atoms with van der Waals surface area (Å²) in [5, 5.41) is 18.4. The number of β-amino-alcohol motifs (C(OH)–C–C–N with tert-alkyl or cyclic N) is 1. The molecule has 118 valence electrons. The molecule has 2 aromatic rings. The molecule has 3 rings (SSSR count). The standard InChI is InChI=1S/C14H20N6O2/c1-11(2)22-13-12(15-4-5-16-13)19-7-3-14(21,9-19)10-20-8-6-17-18-20/h4-6,8,11,21H,3,7,9-10H2,1-2H3. The van der Waals surface area contributed by atoms with Crippen LogP contribution in [0.25, 0.3) is 0 Å². The second-order valence-electron chi connectivity index (χ2n) is 5.85. The van der Waals surface area contributed by atoms with Gasteiger partial charge in [0.2, 0.25) is 0 Å². The van der Waals surface area contributed by atoms with Gasteiger partial charge in [0.15, 0.2) is 5.82 Å². The molecule has 0 aliphatic carbocycles. The molecule has 1 aliphatic heterocycles. The SMILES string of the molecule is CC(C)Oc1nccnc1N1CCC(O)(Cn2ccnn2)C1. The van der Waals surface area contributed by atoms with Crippen LogP contribution in [0.1, 0.15) is 20.3 Å². The van der Waals surface area contributed by atoms with Gasteiger partial charge in [-0.25, -0.2) is 14.6 Å². The molecular formula is C14H20N6O2. The van der Waals surface area contributed by atoms with Crippen LogP contribution in [-0.2, 0) is 6.54 Å². The summed E-state index contributed by atoms with van der Waals surface area (Å²) in [5.74, 6) is 1.17. The number of aromatic nitrogens is 5. The third-order valence-electron chi connectivity index (χ3n) is 3.55. The third-order valence-corrected chi connectivity index (χ3v) is 3.55. The molecule has 22 heavy (non-hydrogen) atoms. The van der Waals surface area contributed by atoms with E-state index in [4.69, 9.17) is 4.74 Å². The number of anilines is 1. The Morgan fingerprint density at radius 2 is 2.14 bits per heavy atom. The molecule has 0 aromatic carbocycles. The van der Waals surface area contributed by atoms with Gasteiger partial charge in [-0.05, 0) is 20.3 Å². The molecule has 8 nitrogen and oxygen atoms in total. The second kappa shape index (κ2) is 5.88. The number of ether oxygens (including phenoxy) is 1. The Hall–Kier alpha value is -2.22. The fourth-order valence-corrected chi connectivity index (χ4v) is 2.63. The summed E-state index contributed by atoms with van der Waals surface area (Å²) in [6.45, 7) is 5.45. The van der Waals surface area contributed by atoms with Crippen LogP contribution in [0.5, 0.6) is 5.88 Å². The largest absolute Gasteiger partial charge is 0.472 e. The van der Waals surface area contributed by atoms with Crippen molar-refractivity contribution < 1.29 is 9.84 Å². The minimum Gasteiger partial charge on any atom is -0.472 e. The molecule has 3 heterocycles. The van der Waals surface area contributed by atoms with Crippen LogP contribution in [0, 0.1) is 0 Å². The molecule has 0 saturated carbocycles. The molecule has 0 spiro atoms. The maximum atomic E-state index is 10.7. The Kier molecular flexibility index (Phi) is 3.93. The number of hydrogen-bond acceptors (Lipinski definition) is 7. The van der Waals surface area contributed by atoms with E-state index in [1.165, 1.54) is 0 Å². The average molecular weight is 304 g/mol. The van der Waals surface area contributed by atoms with E-state index in [-0.39, 0.29) is 6.10 Å². The van der Waals surface area contributed by atoms with Crippen molar-refractivity contribution in [3.05, 3.63) is 24.8 Å². The molecule has 0 radical (unpaired) electrons. The Morgan fingerprint density at radius 3 is 2.86 bits per heavy atom. The van der Waals surface area contributed by atoms with E-state index >= 15 is 0 Å². The first kappa shape index (κ1) is 14.7. The van der Waals surface area contributed by atoms with Crippen molar-refractivity contribution in [2.24, 2.45) is 0 Å². The maximum Gasteiger partial charge on any atom is 0.257 e. The quantitative estimate of drug-likeness (QED) is 0.860. The predicted molar refractivity (Wildman–Crippen MR) is 79.6 cm³/mol. The number of hydrogen-bond donors (Lipinski definition) is 1. The Balaban J connectivity index is 1.75. The maximum absolute atomic E-state index is 10.7. The molecule has 1 aliphatic rings. The van der Waals surface area contributed by atoms with Gasteiger partial charge in [-0.2, -0.15) is 0 Å². The highest BCUT2D eigenvalue weighted by Crippen LogP contribution is 2.31. The van der Waals surface area contributed by atoms with Crippen molar-refractivity contribution in [2.75, 3.05) is 18.0 Å². The van der Waals surface area contributed by atoms with Crippen molar-refractivity contribution in [1.29, 1.82) is 0 Å². The van der Waals surface area contributed by atoms with E-state index < -0.39 is 5.60 Å². The summed E-state index contributed by atoms with van der Waals surface area (Å²) in [4.78, 5) is 10.6. The smallest absolute Gasteiger partial charge is 0.257 e. The second-order valence-corrected chi connectivity index (χ2v) is 5.85. The lowest BCUT2D eigenvalue weighted by Gasteiger charge is -2.24. The van der Waals surface area contributed by atoms with E-state index in [2.05, 4.69) is 20.3 Å². The number of nitrogens with zero attached hydrogens (tertiary/aromatic N) is 6. The van der Waals surface area contributed by atoms with E-state index in [9.17, 15) is 5.11 Å². The van der Waals surface area contributed by atoms with E-state index in [0.717, 1.165) is 0 Å². The van der Waals surface area contributed by atoms with Crippen LogP contribution in [0.15, 0.2) is 24.8 Å². The van der Waals surface area contributed by atoms with Gasteiger partial charge in [0.05, 0.1) is 25.4 Å². The first-order valence-electron chi connectivity index (χ1n) is 7.35. The number of aliphatic hydroxyl groups is 1. The van der Waals surface area contributed by atoms with E-state index in [1.54, 1.807) is 29.5 Å². The Morgan fingerprint density at radius 1 is 1.32 bits per heavy atom. The lowest BCUT2D eigenvalue weighted by Crippen LogP contribution is -2.38. The highest BCUT2D eigenvalue weighted by Gasteiger charge is 2.38. The molecule has 1 atom stereocenters. The summed E-state index contributed by atoms with van der Waals surface area (Å²) in [6, 6.07) is 0. The van der Waals surface area contributed by atoms with E-state index in [1.807, 2.05) is 18.7 Å². The van der Waals surface area contributed by atoms with Crippen molar-refractivity contribution >= 4 is 5.82 Å². The molecule has 1 fully saturated rings. The molecule has 2 aromatic heterocycles. The summed E-state index contributed by atoms with van der Waals surface area (Å²) >= 11 is 0. The highest BCUT2D eigenvalue weighted by atomic mass is 16.5. The van der Waals surface area contributed by atoms with Gasteiger partial charge in [-0.15, -0.1) is 5.10 Å². The third kappa shape index (κ3) is 3.16. The normalized spacial score (nSPS) is 21.5. The minimum atomic E-state index is -0.861. The average Bonchev–Trinajstić information content (AvgIpc) is 3.09. The molecule has 0 bridgehead atoms. The molecule has 1 unspecified atom stereocenters. The summed E-state index contributed by atoms with van der Waals surface area (Å²) in [5.41, 5.74) is -0.861. The molecular weight excluding hydrogens is 284 g/mol. The van der Waals surface area contributed by atoms with Gasteiger partial charge in [0, 0.05) is 25.1 Å². The topological polar surface area (TPSA) is 89.2 Å². The zero-order valence-corrected chi connectivity index (χ0v) is 12.8. The lowest BCUT2D eigenvalue weighted by atomic mass is 10.0. The highest BCUT2D eigenvalue weighted by molar-refractivity contribution is 5.49. The predicted octanol–water partition coefficient (Wildman–Crippen LogP) is 0.497. The number of rotatable bonds is 5. The van der Waals surface area contributed by atoms with Crippen LogP contribution in [0.4, 0.5) is 5.82 Å². The van der Waals surface area contributed by atoms with Crippen LogP contribution in [-0.4, -0.2) is 54.9 Å². The molecule has 0 amide bonds. The summed E-state index contributed by atoms with van der Waals surface area (Å²) in [7, 11) is 0. The van der Waals surface area contributed by atoms with Gasteiger partial charge in [0.1, 0.15) is 5.60 Å². The van der Waals surface area contributed by atoms with Gasteiger partial charge < -0.3 is 14.7 Å². The molecule has 1 N–H and O–H groups in total. The summed E-state index contributed by atoms with van der Waals surface area (Å²) < 4.78 is 7.35. The van der Waals surface area contributed by atoms with Gasteiger partial charge in [-0.3, -0.25) is 0 Å². The first-order chi connectivity index (χ1) is 10.6. The first-order valence-corrected chi connectivity index (χ1v) is 7.35. The van der Waals surface area contributed by atoms with Crippen LogP contribution < -0.4 is 9.64 Å². The van der Waals surface area contributed by atoms with Crippen LogP contribution >= 0.6 is 0 Å². The fraction of sp³-hybridized carbons (Fsp3) is 0.571. The lowest BCUT2D eigenvalue weighted by molar-refractivity contribution is 0.0408. The van der Waals surface area contributed by atoms with E-state index in [0.29, 0.717) is 37.8 Å². The molecule has 8 heteroatoms. The van der Waals surface area contributed by atoms with Crippen molar-refractivity contribution in [2.45, 2.75) is 38.5 Å². The van der Waals surface area contributed by atoms with Crippen molar-refractivity contribution in [1.82, 2.24) is 25.0 Å². The van der Waals surface area contributed by atoms with Gasteiger partial charge >= 0.3 is 0 Å². The van der Waals surface area contributed by atoms with Gasteiger partial charge in [0.25, 0.3) is 5.88 Å². The Labute approximate surface area is 128 Å². The summed E-state index contributed by atoms with van der Waals surface area (Å²) in [6.07, 6.45) is 7.25. The molecule has 1 saturated heterocycles. The van der Waals surface area contributed by atoms with Crippen molar-refractivity contribution in [3.63, 3.8) is 0 Å². The van der Waals surface area contributed by atoms with Crippen LogP contribution in [0.2, 0.25) is 0 Å². The van der Waals surface area contributed by atoms with Crippen LogP contribution in [0.3, 0.4) is 0 Å². The van der Waals surface area contributed by atoms with Gasteiger partial charge in [-0.1, -0.05) is 5.21 Å². The minimum absolute atomic E-state index is 0.0204. The zero-order valence-electron chi connectivity index (χ0n) is 12.8. The zero-order chi connectivity index (χ0) is 15.6. The monoisotopic (exact) mass is 304 g/mol.